The van der Waals surface area contributed by atoms with Crippen molar-refractivity contribution in [3.63, 3.8) is 0 Å². The fourth-order valence-electron chi connectivity index (χ4n) is 1.83. The Balaban J connectivity index is 2.12. The van der Waals surface area contributed by atoms with Gasteiger partial charge in [-0.1, -0.05) is 47.5 Å². The quantitative estimate of drug-likeness (QED) is 0.560. The molecule has 20 heavy (non-hydrogen) atoms. The fourth-order valence-corrected chi connectivity index (χ4v) is 2.47. The van der Waals surface area contributed by atoms with E-state index in [1.165, 1.54) is 6.33 Å². The Bertz CT molecular complexity index is 795. The number of hydrogen-bond acceptors (Lipinski definition) is 3. The van der Waals surface area contributed by atoms with Crippen LogP contribution in [0.4, 0.5) is 0 Å². The summed E-state index contributed by atoms with van der Waals surface area (Å²) in [6.45, 7) is 0. The molecule has 0 aliphatic rings. The molecular weight excluding hydrogens is 363 g/mol. The molecule has 1 heterocycles. The van der Waals surface area contributed by atoms with Gasteiger partial charge in [0.2, 0.25) is 5.88 Å². The van der Waals surface area contributed by atoms with Gasteiger partial charge in [-0.25, -0.2) is 9.97 Å². The lowest BCUT2D eigenvalue weighted by Gasteiger charge is -2.10. The van der Waals surface area contributed by atoms with E-state index in [0.29, 0.717) is 26.3 Å². The Hall–Kier alpha value is -1.36. The van der Waals surface area contributed by atoms with Crippen molar-refractivity contribution in [1.82, 2.24) is 9.97 Å². The molecule has 0 aliphatic carbocycles. The summed E-state index contributed by atoms with van der Waals surface area (Å²) < 4.78 is 6.33. The van der Waals surface area contributed by atoms with Crippen molar-refractivity contribution in [2.45, 2.75) is 0 Å². The van der Waals surface area contributed by atoms with Crippen molar-refractivity contribution in [3.8, 4) is 11.6 Å². The highest BCUT2D eigenvalue weighted by atomic mass is 79.9. The molecule has 2 aromatic carbocycles. The summed E-state index contributed by atoms with van der Waals surface area (Å²) in [5, 5.41) is 2.80. The molecule has 3 aromatic rings. The summed E-state index contributed by atoms with van der Waals surface area (Å²) in [7, 11) is 0. The summed E-state index contributed by atoms with van der Waals surface area (Å²) in [4.78, 5) is 7.93. The van der Waals surface area contributed by atoms with Crippen LogP contribution in [0.15, 0.2) is 47.2 Å². The second-order valence-corrected chi connectivity index (χ2v) is 5.53. The van der Waals surface area contributed by atoms with Crippen LogP contribution >= 0.6 is 39.1 Å². The molecule has 0 bridgehead atoms. The number of fused-ring (bicyclic) bond motifs is 1. The van der Waals surface area contributed by atoms with Gasteiger partial charge in [0.05, 0.1) is 0 Å². The summed E-state index contributed by atoms with van der Waals surface area (Å²) in [5.74, 6) is 1.01. The van der Waals surface area contributed by atoms with E-state index >= 15 is 0 Å². The molecular formula is C14H7BrCl2N2O. The SMILES string of the molecule is Clc1ncnc(Oc2ccc(Cl)c3ccccc23)c1Br. The third-order valence-electron chi connectivity index (χ3n) is 2.75. The molecule has 3 rings (SSSR count). The molecule has 3 nitrogen and oxygen atoms in total. The predicted molar refractivity (Wildman–Crippen MR) is 83.8 cm³/mol. The predicted octanol–water partition coefficient (Wildman–Crippen LogP) is 5.49. The summed E-state index contributed by atoms with van der Waals surface area (Å²) in [6, 6.07) is 11.3. The Morgan fingerprint density at radius 2 is 1.70 bits per heavy atom. The topological polar surface area (TPSA) is 35.0 Å². The lowest BCUT2D eigenvalue weighted by atomic mass is 10.1. The van der Waals surface area contributed by atoms with E-state index in [9.17, 15) is 0 Å². The van der Waals surface area contributed by atoms with Gasteiger partial charge in [-0.2, -0.15) is 0 Å². The molecule has 6 heteroatoms. The Kier molecular flexibility index (Phi) is 3.78. The standard InChI is InChI=1S/C14H7BrCl2N2O/c15-12-13(17)18-7-19-14(12)20-11-6-5-10(16)8-3-1-2-4-9(8)11/h1-7H. The molecule has 0 fully saturated rings. The zero-order valence-corrected chi connectivity index (χ0v) is 13.1. The third-order valence-corrected chi connectivity index (χ3v) is 4.31. The molecule has 0 atom stereocenters. The molecule has 0 saturated carbocycles. The van der Waals surface area contributed by atoms with Gasteiger partial charge < -0.3 is 4.74 Å². The van der Waals surface area contributed by atoms with Crippen molar-refractivity contribution in [3.05, 3.63) is 57.4 Å². The van der Waals surface area contributed by atoms with Crippen molar-refractivity contribution in [1.29, 1.82) is 0 Å². The number of ether oxygens (including phenoxy) is 1. The van der Waals surface area contributed by atoms with Gasteiger partial charge in [0.15, 0.2) is 5.15 Å². The van der Waals surface area contributed by atoms with Crippen molar-refractivity contribution < 1.29 is 4.74 Å². The lowest BCUT2D eigenvalue weighted by molar-refractivity contribution is 0.463. The number of aromatic nitrogens is 2. The van der Waals surface area contributed by atoms with Crippen LogP contribution in [-0.4, -0.2) is 9.97 Å². The zero-order valence-electron chi connectivity index (χ0n) is 9.98. The fraction of sp³-hybridized carbons (Fsp3) is 0. The van der Waals surface area contributed by atoms with Crippen LogP contribution in [-0.2, 0) is 0 Å². The second kappa shape index (κ2) is 5.56. The van der Waals surface area contributed by atoms with E-state index in [-0.39, 0.29) is 0 Å². The minimum absolute atomic E-state index is 0.299. The van der Waals surface area contributed by atoms with Crippen LogP contribution in [0.25, 0.3) is 10.8 Å². The van der Waals surface area contributed by atoms with Crippen LogP contribution in [0.2, 0.25) is 10.2 Å². The van der Waals surface area contributed by atoms with Crippen LogP contribution in [0.1, 0.15) is 0 Å². The average Bonchev–Trinajstić information content (AvgIpc) is 2.47. The normalized spacial score (nSPS) is 10.8. The molecule has 100 valence electrons. The van der Waals surface area contributed by atoms with Gasteiger partial charge in [0.1, 0.15) is 16.5 Å². The maximum absolute atomic E-state index is 6.18. The van der Waals surface area contributed by atoms with Gasteiger partial charge in [-0.05, 0) is 28.1 Å². The molecule has 1 aromatic heterocycles. The van der Waals surface area contributed by atoms with Gasteiger partial charge in [-0.3, -0.25) is 0 Å². The first-order valence-corrected chi connectivity index (χ1v) is 7.23. The van der Waals surface area contributed by atoms with E-state index < -0.39 is 0 Å². The first kappa shape index (κ1) is 13.6. The molecule has 0 saturated heterocycles. The highest BCUT2D eigenvalue weighted by Crippen LogP contribution is 2.36. The summed E-state index contributed by atoms with van der Waals surface area (Å²) in [6.07, 6.45) is 1.35. The number of hydrogen-bond donors (Lipinski definition) is 0. The number of halogens is 3. The smallest absolute Gasteiger partial charge is 0.238 e. The maximum atomic E-state index is 6.18. The average molecular weight is 370 g/mol. The minimum atomic E-state index is 0.299. The van der Waals surface area contributed by atoms with Crippen molar-refractivity contribution in [2.24, 2.45) is 0 Å². The Labute approximate surface area is 133 Å². The van der Waals surface area contributed by atoms with E-state index in [4.69, 9.17) is 27.9 Å². The number of rotatable bonds is 2. The largest absolute Gasteiger partial charge is 0.437 e. The number of nitrogens with zero attached hydrogens (tertiary/aromatic N) is 2. The van der Waals surface area contributed by atoms with Gasteiger partial charge in [-0.15, -0.1) is 0 Å². The lowest BCUT2D eigenvalue weighted by Crippen LogP contribution is -1.92. The molecule has 0 spiro atoms. The Morgan fingerprint density at radius 3 is 2.50 bits per heavy atom. The first-order valence-electron chi connectivity index (χ1n) is 5.68. The second-order valence-electron chi connectivity index (χ2n) is 3.98. The van der Waals surface area contributed by atoms with Crippen LogP contribution in [0, 0.1) is 0 Å². The monoisotopic (exact) mass is 368 g/mol. The Morgan fingerprint density at radius 1 is 0.950 bits per heavy atom. The molecule has 0 radical (unpaired) electrons. The van der Waals surface area contributed by atoms with Crippen LogP contribution in [0.5, 0.6) is 11.6 Å². The van der Waals surface area contributed by atoms with Crippen LogP contribution < -0.4 is 4.74 Å². The van der Waals surface area contributed by atoms with Gasteiger partial charge in [0.25, 0.3) is 0 Å². The molecule has 0 amide bonds. The molecule has 0 unspecified atom stereocenters. The van der Waals surface area contributed by atoms with E-state index in [0.717, 1.165) is 10.8 Å². The highest BCUT2D eigenvalue weighted by molar-refractivity contribution is 9.10. The highest BCUT2D eigenvalue weighted by Gasteiger charge is 2.12. The van der Waals surface area contributed by atoms with E-state index in [1.54, 1.807) is 12.1 Å². The number of benzene rings is 2. The summed E-state index contributed by atoms with van der Waals surface area (Å²) in [5.41, 5.74) is 0. The van der Waals surface area contributed by atoms with Crippen molar-refractivity contribution in [2.75, 3.05) is 0 Å². The van der Waals surface area contributed by atoms with Crippen molar-refractivity contribution >= 4 is 49.9 Å². The van der Waals surface area contributed by atoms with E-state index in [2.05, 4.69) is 25.9 Å². The zero-order chi connectivity index (χ0) is 14.1. The van der Waals surface area contributed by atoms with E-state index in [1.807, 2.05) is 24.3 Å². The molecule has 0 N–H and O–H groups in total. The molecule has 0 aliphatic heterocycles. The maximum Gasteiger partial charge on any atom is 0.238 e. The van der Waals surface area contributed by atoms with Gasteiger partial charge in [0, 0.05) is 15.8 Å². The van der Waals surface area contributed by atoms with Crippen LogP contribution in [0.3, 0.4) is 0 Å². The summed E-state index contributed by atoms with van der Waals surface area (Å²) >= 11 is 15.4. The third kappa shape index (κ3) is 2.46. The first-order chi connectivity index (χ1) is 9.66. The minimum Gasteiger partial charge on any atom is -0.437 e. The van der Waals surface area contributed by atoms with Gasteiger partial charge >= 0.3 is 0 Å².